The van der Waals surface area contributed by atoms with Crippen LogP contribution in [0, 0.1) is 30.6 Å². The van der Waals surface area contributed by atoms with Crippen molar-refractivity contribution in [3.8, 4) is 0 Å². The monoisotopic (exact) mass is 431 g/mol. The average molecular weight is 432 g/mol. The molecule has 1 saturated heterocycles. The Hall–Kier alpha value is -1.44. The van der Waals surface area contributed by atoms with Gasteiger partial charge in [0.25, 0.3) is 10.2 Å². The summed E-state index contributed by atoms with van der Waals surface area (Å²) >= 11 is 0. The van der Waals surface area contributed by atoms with Crippen molar-refractivity contribution in [1.29, 1.82) is 0 Å². The molecule has 0 unspecified atom stereocenters. The fourth-order valence-electron chi connectivity index (χ4n) is 6.59. The van der Waals surface area contributed by atoms with Crippen LogP contribution in [-0.2, 0) is 21.5 Å². The van der Waals surface area contributed by atoms with Gasteiger partial charge in [-0.15, -0.1) is 0 Å². The molecule has 164 valence electrons. The van der Waals surface area contributed by atoms with Crippen LogP contribution in [0.25, 0.3) is 0 Å². The van der Waals surface area contributed by atoms with E-state index in [1.807, 2.05) is 31.2 Å². The molecule has 7 heteroatoms. The quantitative estimate of drug-likeness (QED) is 0.779. The molecule has 1 aromatic carbocycles. The van der Waals surface area contributed by atoms with Gasteiger partial charge in [-0.05, 0) is 74.7 Å². The third-order valence-corrected chi connectivity index (χ3v) is 9.75. The minimum Gasteiger partial charge on any atom is -0.352 e. The van der Waals surface area contributed by atoms with E-state index in [2.05, 4.69) is 5.32 Å². The summed E-state index contributed by atoms with van der Waals surface area (Å²) in [5, 5.41) is 3.25. The second-order valence-corrected chi connectivity index (χ2v) is 12.0. The maximum Gasteiger partial charge on any atom is 0.282 e. The van der Waals surface area contributed by atoms with Crippen LogP contribution in [0.4, 0.5) is 0 Å². The minimum atomic E-state index is -3.62. The van der Waals surface area contributed by atoms with Crippen LogP contribution in [0.1, 0.15) is 49.7 Å². The smallest absolute Gasteiger partial charge is 0.282 e. The highest BCUT2D eigenvalue weighted by Crippen LogP contribution is 2.53. The van der Waals surface area contributed by atoms with E-state index in [-0.39, 0.29) is 18.5 Å². The molecule has 30 heavy (non-hydrogen) atoms. The summed E-state index contributed by atoms with van der Waals surface area (Å²) in [7, 11) is -3.62. The van der Waals surface area contributed by atoms with Gasteiger partial charge in [-0.1, -0.05) is 29.8 Å². The van der Waals surface area contributed by atoms with Crippen LogP contribution in [0.15, 0.2) is 24.3 Å². The summed E-state index contributed by atoms with van der Waals surface area (Å²) in [5.74, 6) is 2.78. The Kier molecular flexibility index (Phi) is 5.40. The lowest BCUT2D eigenvalue weighted by atomic mass is 9.54. The van der Waals surface area contributed by atoms with Gasteiger partial charge in [0.15, 0.2) is 0 Å². The number of benzene rings is 1. The predicted octanol–water partition coefficient (Wildman–Crippen LogP) is 2.69. The number of rotatable bonds is 5. The summed E-state index contributed by atoms with van der Waals surface area (Å²) < 4.78 is 29.1. The number of nitrogens with one attached hydrogen (secondary N) is 1. The first-order chi connectivity index (χ1) is 14.4. The number of aryl methyl sites for hydroxylation is 1. The molecular formula is C23H33N3O3S. The first kappa shape index (κ1) is 20.5. The Morgan fingerprint density at radius 1 is 0.967 bits per heavy atom. The highest BCUT2D eigenvalue weighted by Gasteiger charge is 2.48. The van der Waals surface area contributed by atoms with Crippen LogP contribution in [-0.4, -0.2) is 48.6 Å². The van der Waals surface area contributed by atoms with E-state index in [0.29, 0.717) is 31.5 Å². The van der Waals surface area contributed by atoms with Gasteiger partial charge in [-0.2, -0.15) is 17.0 Å². The Morgan fingerprint density at radius 2 is 1.57 bits per heavy atom. The van der Waals surface area contributed by atoms with Crippen LogP contribution in [0.5, 0.6) is 0 Å². The van der Waals surface area contributed by atoms with Gasteiger partial charge in [-0.3, -0.25) is 4.79 Å². The van der Waals surface area contributed by atoms with Crippen molar-refractivity contribution in [3.05, 3.63) is 35.4 Å². The predicted molar refractivity (Wildman–Crippen MR) is 116 cm³/mol. The molecule has 4 saturated carbocycles. The standard InChI is InChI=1S/C23H33N3O3S/c1-16-3-5-17(6-4-16)14-25-7-2-8-26(30(25,28)29)15-22(27)24-23-20-10-18-9-19(12-20)13-21(23)11-18/h3-6,18-21,23H,2,7-15H2,1H3,(H,24,27). The maximum absolute atomic E-state index is 13.1. The van der Waals surface area contributed by atoms with Gasteiger partial charge >= 0.3 is 0 Å². The molecule has 1 N–H and O–H groups in total. The minimum absolute atomic E-state index is 0.0600. The lowest BCUT2D eigenvalue weighted by Gasteiger charge is -2.54. The van der Waals surface area contributed by atoms with Crippen LogP contribution in [0.3, 0.4) is 0 Å². The number of hydrogen-bond donors (Lipinski definition) is 1. The van der Waals surface area contributed by atoms with E-state index in [9.17, 15) is 13.2 Å². The van der Waals surface area contributed by atoms with Crippen LogP contribution in [0.2, 0.25) is 0 Å². The zero-order valence-electron chi connectivity index (χ0n) is 17.8. The van der Waals surface area contributed by atoms with Gasteiger partial charge in [-0.25, -0.2) is 0 Å². The van der Waals surface area contributed by atoms with E-state index in [1.54, 1.807) is 0 Å². The highest BCUT2D eigenvalue weighted by atomic mass is 32.2. The summed E-state index contributed by atoms with van der Waals surface area (Å²) in [6.45, 7) is 3.24. The zero-order valence-corrected chi connectivity index (χ0v) is 18.6. The zero-order chi connectivity index (χ0) is 20.9. The van der Waals surface area contributed by atoms with Gasteiger partial charge < -0.3 is 5.32 Å². The summed E-state index contributed by atoms with van der Waals surface area (Å²) in [6, 6.07) is 8.21. The van der Waals surface area contributed by atoms with Crippen LogP contribution >= 0.6 is 0 Å². The Morgan fingerprint density at radius 3 is 2.20 bits per heavy atom. The lowest BCUT2D eigenvalue weighted by molar-refractivity contribution is -0.125. The number of amides is 1. The first-order valence-corrected chi connectivity index (χ1v) is 12.9. The Labute approximate surface area is 180 Å². The molecule has 1 amide bonds. The molecular weight excluding hydrogens is 398 g/mol. The van der Waals surface area contributed by atoms with E-state index < -0.39 is 10.2 Å². The molecule has 5 fully saturated rings. The summed E-state index contributed by atoms with van der Waals surface area (Å²) in [5.41, 5.74) is 2.13. The van der Waals surface area contributed by atoms with Gasteiger partial charge in [0.05, 0.1) is 6.54 Å². The first-order valence-electron chi connectivity index (χ1n) is 11.5. The van der Waals surface area contributed by atoms with Crippen LogP contribution < -0.4 is 5.32 Å². The SMILES string of the molecule is Cc1ccc(CN2CCCN(CC(=O)NC3C4CC5CC(C4)CC3C5)S2(=O)=O)cc1. The van der Waals surface area contributed by atoms with E-state index >= 15 is 0 Å². The fourth-order valence-corrected chi connectivity index (χ4v) is 8.23. The topological polar surface area (TPSA) is 69.7 Å². The third kappa shape index (κ3) is 3.92. The second-order valence-electron chi connectivity index (χ2n) is 10.0. The number of hydrogen-bond acceptors (Lipinski definition) is 3. The number of carbonyl (C=O) groups is 1. The highest BCUT2D eigenvalue weighted by molar-refractivity contribution is 7.86. The molecule has 0 atom stereocenters. The van der Waals surface area contributed by atoms with Crippen molar-refractivity contribution in [2.45, 2.75) is 58.0 Å². The Bertz CT molecular complexity index is 871. The van der Waals surface area contributed by atoms with E-state index in [0.717, 1.165) is 29.4 Å². The fraction of sp³-hybridized carbons (Fsp3) is 0.696. The third-order valence-electron chi connectivity index (χ3n) is 7.82. The number of nitrogens with zero attached hydrogens (tertiary/aromatic N) is 2. The van der Waals surface area contributed by atoms with Crippen molar-refractivity contribution >= 4 is 16.1 Å². The average Bonchev–Trinajstić information content (AvgIpc) is 2.69. The van der Waals surface area contributed by atoms with Crippen molar-refractivity contribution in [1.82, 2.24) is 13.9 Å². The van der Waals surface area contributed by atoms with Crippen molar-refractivity contribution in [2.24, 2.45) is 23.7 Å². The van der Waals surface area contributed by atoms with Crippen molar-refractivity contribution in [3.63, 3.8) is 0 Å². The lowest BCUT2D eigenvalue weighted by Crippen LogP contribution is -2.58. The molecule has 4 bridgehead atoms. The maximum atomic E-state index is 13.1. The van der Waals surface area contributed by atoms with E-state index in [4.69, 9.17) is 0 Å². The van der Waals surface area contributed by atoms with Gasteiger partial charge in [0.1, 0.15) is 0 Å². The summed E-state index contributed by atoms with van der Waals surface area (Å²) in [4.78, 5) is 12.9. The van der Waals surface area contributed by atoms with E-state index in [1.165, 1.54) is 40.7 Å². The molecule has 4 aliphatic carbocycles. The summed E-state index contributed by atoms with van der Waals surface area (Å²) in [6.07, 6.45) is 7.09. The van der Waals surface area contributed by atoms with Crippen molar-refractivity contribution in [2.75, 3.05) is 19.6 Å². The molecule has 5 aliphatic rings. The molecule has 0 spiro atoms. The molecule has 6 rings (SSSR count). The second kappa shape index (κ2) is 7.92. The van der Waals surface area contributed by atoms with Gasteiger partial charge in [0, 0.05) is 25.7 Å². The van der Waals surface area contributed by atoms with Gasteiger partial charge in [0.2, 0.25) is 5.91 Å². The molecule has 0 radical (unpaired) electrons. The van der Waals surface area contributed by atoms with Crippen molar-refractivity contribution < 1.29 is 13.2 Å². The normalized spacial score (nSPS) is 35.4. The molecule has 1 heterocycles. The molecule has 1 aliphatic heterocycles. The molecule has 0 aromatic heterocycles. The molecule has 6 nitrogen and oxygen atoms in total. The molecule has 1 aromatic rings. The Balaban J connectivity index is 1.22. The number of carbonyl (C=O) groups excluding carboxylic acids is 1. The largest absolute Gasteiger partial charge is 0.352 e.